The van der Waals surface area contributed by atoms with Crippen molar-refractivity contribution in [2.75, 3.05) is 0 Å². The van der Waals surface area contributed by atoms with E-state index in [0.29, 0.717) is 6.54 Å². The van der Waals surface area contributed by atoms with Gasteiger partial charge in [-0.2, -0.15) is 0 Å². The number of rotatable bonds is 4. The number of imidazole rings is 1. The molecule has 0 bridgehead atoms. The molecule has 1 saturated carbocycles. The largest absolute Gasteiger partial charge is 0.348 e. The summed E-state index contributed by atoms with van der Waals surface area (Å²) in [4.78, 5) is 17.5. The first kappa shape index (κ1) is 15.8. The molecule has 1 aromatic heterocycles. The van der Waals surface area contributed by atoms with E-state index in [-0.39, 0.29) is 11.7 Å². The number of fused-ring (bicyclic) bond motifs is 1. The highest BCUT2D eigenvalue weighted by Crippen LogP contribution is 2.44. The monoisotopic (exact) mass is 337 g/mol. The van der Waals surface area contributed by atoms with E-state index in [1.807, 2.05) is 41.9 Å². The fourth-order valence-electron chi connectivity index (χ4n) is 3.65. The molecule has 2 aromatic carbocycles. The summed E-state index contributed by atoms with van der Waals surface area (Å²) in [5.41, 5.74) is 2.11. The zero-order valence-corrected chi connectivity index (χ0v) is 14.1. The van der Waals surface area contributed by atoms with E-state index in [0.717, 1.165) is 41.7 Å². The lowest BCUT2D eigenvalue weighted by Gasteiger charge is -2.40. The van der Waals surface area contributed by atoms with Crippen LogP contribution in [-0.2, 0) is 23.8 Å². The molecule has 5 heteroatoms. The SMILES string of the molecule is Cn1c(CNC(=O)C2(c3cccc(F)c3)CCC2)nc2ccccc21. The second-order valence-corrected chi connectivity index (χ2v) is 6.70. The van der Waals surface area contributed by atoms with Gasteiger partial charge in [0.2, 0.25) is 5.91 Å². The maximum absolute atomic E-state index is 13.6. The van der Waals surface area contributed by atoms with Gasteiger partial charge in [0.25, 0.3) is 0 Å². The summed E-state index contributed by atoms with van der Waals surface area (Å²) in [5, 5.41) is 3.02. The third-order valence-electron chi connectivity index (χ3n) is 5.31. The summed E-state index contributed by atoms with van der Waals surface area (Å²) < 4.78 is 15.6. The second-order valence-electron chi connectivity index (χ2n) is 6.70. The lowest BCUT2D eigenvalue weighted by molar-refractivity contribution is -0.130. The lowest BCUT2D eigenvalue weighted by atomic mass is 9.64. The van der Waals surface area contributed by atoms with Crippen molar-refractivity contribution >= 4 is 16.9 Å². The van der Waals surface area contributed by atoms with Gasteiger partial charge in [-0.15, -0.1) is 0 Å². The van der Waals surface area contributed by atoms with Crippen LogP contribution in [0.5, 0.6) is 0 Å². The smallest absolute Gasteiger partial charge is 0.231 e. The molecule has 0 radical (unpaired) electrons. The number of carbonyl (C=O) groups excluding carboxylic acids is 1. The standard InChI is InChI=1S/C20H20FN3O/c1-24-17-9-3-2-8-16(17)23-18(24)13-22-19(25)20(10-5-11-20)14-6-4-7-15(21)12-14/h2-4,6-9,12H,5,10-11,13H2,1H3,(H,22,25). The Morgan fingerprint density at radius 1 is 1.24 bits per heavy atom. The zero-order valence-electron chi connectivity index (χ0n) is 14.1. The van der Waals surface area contributed by atoms with Gasteiger partial charge in [-0.25, -0.2) is 9.37 Å². The quantitative estimate of drug-likeness (QED) is 0.793. The summed E-state index contributed by atoms with van der Waals surface area (Å²) in [7, 11) is 1.95. The van der Waals surface area contributed by atoms with Crippen molar-refractivity contribution in [3.05, 3.63) is 65.7 Å². The Labute approximate surface area is 145 Å². The van der Waals surface area contributed by atoms with Crippen molar-refractivity contribution in [1.29, 1.82) is 0 Å². The third kappa shape index (κ3) is 2.60. The van der Waals surface area contributed by atoms with Crippen molar-refractivity contribution in [2.45, 2.75) is 31.2 Å². The Morgan fingerprint density at radius 3 is 2.72 bits per heavy atom. The molecule has 1 aliphatic rings. The number of hydrogen-bond donors (Lipinski definition) is 1. The zero-order chi connectivity index (χ0) is 17.4. The third-order valence-corrected chi connectivity index (χ3v) is 5.31. The summed E-state index contributed by atoms with van der Waals surface area (Å²) in [5.74, 6) is 0.464. The predicted octanol–water partition coefficient (Wildman–Crippen LogP) is 3.45. The van der Waals surface area contributed by atoms with Crippen molar-refractivity contribution in [3.8, 4) is 0 Å². The van der Waals surface area contributed by atoms with Crippen LogP contribution in [0.15, 0.2) is 48.5 Å². The number of amides is 1. The van der Waals surface area contributed by atoms with Crippen LogP contribution in [0.4, 0.5) is 4.39 Å². The number of benzene rings is 2. The summed E-state index contributed by atoms with van der Waals surface area (Å²) in [6.45, 7) is 0.362. The van der Waals surface area contributed by atoms with Crippen LogP contribution in [0, 0.1) is 5.82 Å². The predicted molar refractivity (Wildman–Crippen MR) is 94.5 cm³/mol. The van der Waals surface area contributed by atoms with Crippen LogP contribution in [-0.4, -0.2) is 15.5 Å². The molecule has 1 N–H and O–H groups in total. The van der Waals surface area contributed by atoms with Crippen LogP contribution in [0.25, 0.3) is 11.0 Å². The second kappa shape index (κ2) is 5.99. The van der Waals surface area contributed by atoms with E-state index in [9.17, 15) is 9.18 Å². The summed E-state index contributed by atoms with van der Waals surface area (Å²) in [6, 6.07) is 14.3. The lowest BCUT2D eigenvalue weighted by Crippen LogP contribution is -2.49. The molecule has 1 aliphatic carbocycles. The molecule has 1 fully saturated rings. The molecule has 1 heterocycles. The fourth-order valence-corrected chi connectivity index (χ4v) is 3.65. The fraction of sp³-hybridized carbons (Fsp3) is 0.300. The van der Waals surface area contributed by atoms with Gasteiger partial charge in [-0.05, 0) is 42.7 Å². The van der Waals surface area contributed by atoms with Crippen molar-refractivity contribution in [3.63, 3.8) is 0 Å². The Balaban J connectivity index is 1.55. The molecular formula is C20H20FN3O. The molecule has 128 valence electrons. The van der Waals surface area contributed by atoms with Gasteiger partial charge in [0.05, 0.1) is 23.0 Å². The Hall–Kier alpha value is -2.69. The van der Waals surface area contributed by atoms with Crippen LogP contribution >= 0.6 is 0 Å². The summed E-state index contributed by atoms with van der Waals surface area (Å²) in [6.07, 6.45) is 2.49. The molecule has 1 amide bonds. The number of nitrogens with zero attached hydrogens (tertiary/aromatic N) is 2. The molecule has 3 aromatic rings. The van der Waals surface area contributed by atoms with Crippen LogP contribution < -0.4 is 5.32 Å². The first-order valence-electron chi connectivity index (χ1n) is 8.55. The van der Waals surface area contributed by atoms with Gasteiger partial charge in [0.1, 0.15) is 11.6 Å². The number of aromatic nitrogens is 2. The Kier molecular flexibility index (Phi) is 3.79. The molecule has 0 aliphatic heterocycles. The molecule has 0 atom stereocenters. The van der Waals surface area contributed by atoms with E-state index in [2.05, 4.69) is 10.3 Å². The van der Waals surface area contributed by atoms with E-state index in [1.54, 1.807) is 6.07 Å². The maximum atomic E-state index is 13.6. The number of nitrogens with one attached hydrogen (secondary N) is 1. The average Bonchev–Trinajstić information content (AvgIpc) is 2.89. The minimum Gasteiger partial charge on any atom is -0.348 e. The number of carbonyl (C=O) groups is 1. The van der Waals surface area contributed by atoms with E-state index >= 15 is 0 Å². The van der Waals surface area contributed by atoms with Gasteiger partial charge in [-0.1, -0.05) is 30.7 Å². The normalized spacial score (nSPS) is 15.8. The van der Waals surface area contributed by atoms with Gasteiger partial charge >= 0.3 is 0 Å². The topological polar surface area (TPSA) is 46.9 Å². The molecule has 4 nitrogen and oxygen atoms in total. The van der Waals surface area contributed by atoms with Gasteiger partial charge in [0.15, 0.2) is 0 Å². The molecule has 0 spiro atoms. The number of hydrogen-bond acceptors (Lipinski definition) is 2. The van der Waals surface area contributed by atoms with Crippen molar-refractivity contribution in [1.82, 2.24) is 14.9 Å². The maximum Gasteiger partial charge on any atom is 0.231 e. The number of aryl methyl sites for hydroxylation is 1. The number of para-hydroxylation sites is 2. The van der Waals surface area contributed by atoms with E-state index in [1.165, 1.54) is 12.1 Å². The Morgan fingerprint density at radius 2 is 2.04 bits per heavy atom. The highest BCUT2D eigenvalue weighted by molar-refractivity contribution is 5.89. The van der Waals surface area contributed by atoms with Gasteiger partial charge in [-0.3, -0.25) is 4.79 Å². The molecule has 25 heavy (non-hydrogen) atoms. The first-order chi connectivity index (χ1) is 12.1. The van der Waals surface area contributed by atoms with Gasteiger partial charge < -0.3 is 9.88 Å². The van der Waals surface area contributed by atoms with E-state index < -0.39 is 5.41 Å². The van der Waals surface area contributed by atoms with Crippen LogP contribution in [0.2, 0.25) is 0 Å². The van der Waals surface area contributed by atoms with Crippen LogP contribution in [0.1, 0.15) is 30.7 Å². The van der Waals surface area contributed by atoms with Crippen LogP contribution in [0.3, 0.4) is 0 Å². The minimum absolute atomic E-state index is 0.0450. The van der Waals surface area contributed by atoms with Crippen molar-refractivity contribution < 1.29 is 9.18 Å². The Bertz CT molecular complexity index is 943. The molecular weight excluding hydrogens is 317 g/mol. The average molecular weight is 337 g/mol. The van der Waals surface area contributed by atoms with Crippen molar-refractivity contribution in [2.24, 2.45) is 7.05 Å². The minimum atomic E-state index is -0.604. The molecule has 0 unspecified atom stereocenters. The summed E-state index contributed by atoms with van der Waals surface area (Å²) >= 11 is 0. The molecule has 0 saturated heterocycles. The van der Waals surface area contributed by atoms with E-state index in [4.69, 9.17) is 0 Å². The molecule has 4 rings (SSSR count). The highest BCUT2D eigenvalue weighted by Gasteiger charge is 2.45. The first-order valence-corrected chi connectivity index (χ1v) is 8.55. The highest BCUT2D eigenvalue weighted by atomic mass is 19.1. The number of halogens is 1. The van der Waals surface area contributed by atoms with Gasteiger partial charge in [0, 0.05) is 7.05 Å².